The van der Waals surface area contributed by atoms with Crippen molar-refractivity contribution in [3.8, 4) is 0 Å². The Balaban J connectivity index is 1.98. The summed E-state index contributed by atoms with van der Waals surface area (Å²) in [7, 11) is 1.78. The standard InChI is InChI=1S/C13H14F2N4O/c1-19-5-3-9(18-19)2-4-17-13(20)10-6-8(14)7-11(16)12(10)15/h3,5-7H,2,4,16H2,1H3,(H,17,20). The number of carbonyl (C=O) groups excluding carboxylic acids is 1. The third kappa shape index (κ3) is 3.11. The number of benzene rings is 1. The second-order valence-corrected chi connectivity index (χ2v) is 4.34. The van der Waals surface area contributed by atoms with Gasteiger partial charge in [-0.2, -0.15) is 5.10 Å². The highest BCUT2D eigenvalue weighted by molar-refractivity contribution is 5.95. The van der Waals surface area contributed by atoms with Gasteiger partial charge in [0.25, 0.3) is 5.91 Å². The lowest BCUT2D eigenvalue weighted by Gasteiger charge is -2.07. The Labute approximate surface area is 114 Å². The summed E-state index contributed by atoms with van der Waals surface area (Å²) < 4.78 is 28.4. The number of carbonyl (C=O) groups is 1. The summed E-state index contributed by atoms with van der Waals surface area (Å²) in [5.74, 6) is -2.37. The normalized spacial score (nSPS) is 10.6. The van der Waals surface area contributed by atoms with E-state index < -0.39 is 23.1 Å². The van der Waals surface area contributed by atoms with Gasteiger partial charge in [-0.15, -0.1) is 0 Å². The number of aromatic nitrogens is 2. The number of nitrogens with one attached hydrogen (secondary N) is 1. The summed E-state index contributed by atoms with van der Waals surface area (Å²) in [5.41, 5.74) is 5.28. The molecule has 3 N–H and O–H groups in total. The highest BCUT2D eigenvalue weighted by Gasteiger charge is 2.15. The largest absolute Gasteiger partial charge is 0.396 e. The van der Waals surface area contributed by atoms with Gasteiger partial charge >= 0.3 is 0 Å². The van der Waals surface area contributed by atoms with Crippen molar-refractivity contribution in [3.63, 3.8) is 0 Å². The van der Waals surface area contributed by atoms with Crippen LogP contribution in [-0.2, 0) is 13.5 Å². The molecule has 1 aromatic heterocycles. The first-order chi connectivity index (χ1) is 9.47. The SMILES string of the molecule is Cn1ccc(CCNC(=O)c2cc(F)cc(N)c2F)n1. The number of halogens is 2. The first kappa shape index (κ1) is 14.0. The fourth-order valence-corrected chi connectivity index (χ4v) is 1.77. The van der Waals surface area contributed by atoms with E-state index in [1.807, 2.05) is 6.07 Å². The lowest BCUT2D eigenvalue weighted by Crippen LogP contribution is -2.27. The molecule has 0 radical (unpaired) electrons. The molecule has 0 saturated heterocycles. The monoisotopic (exact) mass is 280 g/mol. The molecule has 1 heterocycles. The lowest BCUT2D eigenvalue weighted by atomic mass is 10.1. The van der Waals surface area contributed by atoms with Crippen LogP contribution in [0.1, 0.15) is 16.1 Å². The zero-order valence-corrected chi connectivity index (χ0v) is 10.9. The van der Waals surface area contributed by atoms with E-state index in [-0.39, 0.29) is 12.2 Å². The first-order valence-corrected chi connectivity index (χ1v) is 5.98. The van der Waals surface area contributed by atoms with Crippen molar-refractivity contribution < 1.29 is 13.6 Å². The minimum absolute atomic E-state index is 0.270. The van der Waals surface area contributed by atoms with Crippen LogP contribution in [0, 0.1) is 11.6 Å². The average Bonchev–Trinajstić information content (AvgIpc) is 2.79. The molecule has 0 spiro atoms. The van der Waals surface area contributed by atoms with E-state index in [2.05, 4.69) is 10.4 Å². The van der Waals surface area contributed by atoms with E-state index in [1.165, 1.54) is 0 Å². The topological polar surface area (TPSA) is 72.9 Å². The third-order valence-electron chi connectivity index (χ3n) is 2.75. The highest BCUT2D eigenvalue weighted by Crippen LogP contribution is 2.17. The van der Waals surface area contributed by atoms with Crippen molar-refractivity contribution in [3.05, 3.63) is 47.3 Å². The van der Waals surface area contributed by atoms with Crippen LogP contribution in [-0.4, -0.2) is 22.2 Å². The zero-order valence-electron chi connectivity index (χ0n) is 10.9. The maximum Gasteiger partial charge on any atom is 0.254 e. The van der Waals surface area contributed by atoms with Crippen molar-refractivity contribution in [2.75, 3.05) is 12.3 Å². The van der Waals surface area contributed by atoms with Crippen LogP contribution in [0.4, 0.5) is 14.5 Å². The van der Waals surface area contributed by atoms with Crippen LogP contribution >= 0.6 is 0 Å². The first-order valence-electron chi connectivity index (χ1n) is 5.98. The van der Waals surface area contributed by atoms with Gasteiger partial charge in [-0.3, -0.25) is 9.48 Å². The molecule has 20 heavy (non-hydrogen) atoms. The van der Waals surface area contributed by atoms with Crippen LogP contribution in [0.3, 0.4) is 0 Å². The van der Waals surface area contributed by atoms with Gasteiger partial charge in [0, 0.05) is 26.2 Å². The van der Waals surface area contributed by atoms with Crippen molar-refractivity contribution in [1.29, 1.82) is 0 Å². The Morgan fingerprint density at radius 2 is 2.20 bits per heavy atom. The van der Waals surface area contributed by atoms with E-state index >= 15 is 0 Å². The summed E-state index contributed by atoms with van der Waals surface area (Å²) in [6.07, 6.45) is 2.28. The van der Waals surface area contributed by atoms with Gasteiger partial charge in [0.05, 0.1) is 16.9 Å². The maximum absolute atomic E-state index is 13.6. The predicted molar refractivity (Wildman–Crippen MR) is 70.0 cm³/mol. The Bertz CT molecular complexity index is 639. The van der Waals surface area contributed by atoms with Crippen molar-refractivity contribution in [1.82, 2.24) is 15.1 Å². The van der Waals surface area contributed by atoms with Gasteiger partial charge in [0.2, 0.25) is 0 Å². The number of nitrogens with zero attached hydrogens (tertiary/aromatic N) is 2. The molecule has 2 aromatic rings. The summed E-state index contributed by atoms with van der Waals surface area (Å²) in [4.78, 5) is 11.8. The van der Waals surface area contributed by atoms with E-state index in [0.717, 1.165) is 17.8 Å². The molecule has 1 aromatic carbocycles. The predicted octanol–water partition coefficient (Wildman–Crippen LogP) is 1.25. The molecule has 0 aliphatic rings. The average molecular weight is 280 g/mol. The Morgan fingerprint density at radius 3 is 2.85 bits per heavy atom. The second kappa shape index (κ2) is 5.68. The quantitative estimate of drug-likeness (QED) is 0.828. The summed E-state index contributed by atoms with van der Waals surface area (Å²) in [6.45, 7) is 0.270. The smallest absolute Gasteiger partial charge is 0.254 e. The van der Waals surface area contributed by atoms with E-state index in [0.29, 0.717) is 6.42 Å². The number of anilines is 1. The summed E-state index contributed by atoms with van der Waals surface area (Å²) in [5, 5.41) is 6.64. The lowest BCUT2D eigenvalue weighted by molar-refractivity contribution is 0.0949. The molecule has 2 rings (SSSR count). The minimum Gasteiger partial charge on any atom is -0.396 e. The van der Waals surface area contributed by atoms with Crippen LogP contribution < -0.4 is 11.1 Å². The van der Waals surface area contributed by atoms with E-state index in [4.69, 9.17) is 5.73 Å². The van der Waals surface area contributed by atoms with Crippen molar-refractivity contribution in [2.24, 2.45) is 7.05 Å². The Hall–Kier alpha value is -2.44. The van der Waals surface area contributed by atoms with E-state index in [9.17, 15) is 13.6 Å². The molecule has 0 atom stereocenters. The van der Waals surface area contributed by atoms with Crippen LogP contribution in [0.15, 0.2) is 24.4 Å². The zero-order chi connectivity index (χ0) is 14.7. The fourth-order valence-electron chi connectivity index (χ4n) is 1.77. The molecule has 0 bridgehead atoms. The van der Waals surface area contributed by atoms with Gasteiger partial charge in [0.15, 0.2) is 5.82 Å². The van der Waals surface area contributed by atoms with E-state index in [1.54, 1.807) is 17.9 Å². The molecule has 0 saturated carbocycles. The summed E-state index contributed by atoms with van der Waals surface area (Å²) >= 11 is 0. The molecular weight excluding hydrogens is 266 g/mol. The second-order valence-electron chi connectivity index (χ2n) is 4.34. The fraction of sp³-hybridized carbons (Fsp3) is 0.231. The van der Waals surface area contributed by atoms with Gasteiger partial charge in [-0.1, -0.05) is 0 Å². The van der Waals surface area contributed by atoms with Gasteiger partial charge < -0.3 is 11.1 Å². The molecule has 0 unspecified atom stereocenters. The number of hydrogen-bond donors (Lipinski definition) is 2. The maximum atomic E-state index is 13.6. The molecule has 0 aliphatic heterocycles. The Kier molecular flexibility index (Phi) is 3.97. The number of aryl methyl sites for hydroxylation is 1. The molecule has 0 fully saturated rings. The highest BCUT2D eigenvalue weighted by atomic mass is 19.1. The Morgan fingerprint density at radius 1 is 1.45 bits per heavy atom. The number of rotatable bonds is 4. The molecule has 7 heteroatoms. The molecule has 1 amide bonds. The van der Waals surface area contributed by atoms with Crippen molar-refractivity contribution >= 4 is 11.6 Å². The summed E-state index contributed by atoms with van der Waals surface area (Å²) in [6, 6.07) is 3.47. The molecule has 106 valence electrons. The van der Waals surface area contributed by atoms with Gasteiger partial charge in [-0.25, -0.2) is 8.78 Å². The number of amides is 1. The molecular formula is C13H14F2N4O. The van der Waals surface area contributed by atoms with Gasteiger partial charge in [-0.05, 0) is 18.2 Å². The minimum atomic E-state index is -0.915. The molecule has 5 nitrogen and oxygen atoms in total. The van der Waals surface area contributed by atoms with Crippen LogP contribution in [0.2, 0.25) is 0 Å². The third-order valence-corrected chi connectivity index (χ3v) is 2.75. The van der Waals surface area contributed by atoms with Crippen molar-refractivity contribution in [2.45, 2.75) is 6.42 Å². The number of hydrogen-bond acceptors (Lipinski definition) is 3. The van der Waals surface area contributed by atoms with Crippen LogP contribution in [0.5, 0.6) is 0 Å². The molecule has 0 aliphatic carbocycles. The number of nitrogens with two attached hydrogens (primary N) is 1. The number of nitrogen functional groups attached to an aromatic ring is 1. The van der Waals surface area contributed by atoms with Gasteiger partial charge in [0.1, 0.15) is 5.82 Å². The van der Waals surface area contributed by atoms with Crippen LogP contribution in [0.25, 0.3) is 0 Å².